The molecule has 1 amide bonds. The van der Waals surface area contributed by atoms with Crippen LogP contribution in [-0.4, -0.2) is 67.3 Å². The average Bonchev–Trinajstić information content (AvgIpc) is 3.15. The molecule has 0 spiro atoms. The van der Waals surface area contributed by atoms with Gasteiger partial charge in [0.05, 0.1) is 20.8 Å². The van der Waals surface area contributed by atoms with Crippen molar-refractivity contribution in [3.8, 4) is 22.9 Å². The number of amides is 1. The van der Waals surface area contributed by atoms with Crippen molar-refractivity contribution in [2.45, 2.75) is 19.4 Å². The van der Waals surface area contributed by atoms with Gasteiger partial charge >= 0.3 is 0 Å². The first kappa shape index (κ1) is 19.2. The smallest absolute Gasteiger partial charge is 0.241 e. The molecule has 1 fully saturated rings. The molecule has 8 heteroatoms. The van der Waals surface area contributed by atoms with Gasteiger partial charge in [-0.15, -0.1) is 0 Å². The third-order valence-electron chi connectivity index (χ3n) is 4.85. The number of piperidine rings is 1. The monoisotopic (exact) mass is 374 g/mol. The number of nitrogens with zero attached hydrogens (tertiary/aromatic N) is 4. The number of aromatic nitrogens is 2. The van der Waals surface area contributed by atoms with Gasteiger partial charge in [-0.3, -0.25) is 9.69 Å². The van der Waals surface area contributed by atoms with Crippen molar-refractivity contribution < 1.29 is 18.8 Å². The standard InChI is InChI=1S/C19H26N4O4/c1-22(2)19(24)13-7-9-23(10-8-13)12-17-20-18(21-27-17)14-5-6-15(25-3)16(11-14)26-4/h5-6,11,13H,7-10,12H2,1-4H3. The van der Waals surface area contributed by atoms with E-state index in [1.165, 1.54) is 0 Å². The van der Waals surface area contributed by atoms with Crippen LogP contribution in [0.5, 0.6) is 11.5 Å². The maximum atomic E-state index is 12.1. The molecule has 1 saturated heterocycles. The molecule has 146 valence electrons. The van der Waals surface area contributed by atoms with Crippen LogP contribution in [0.3, 0.4) is 0 Å². The van der Waals surface area contributed by atoms with Crippen LogP contribution in [-0.2, 0) is 11.3 Å². The van der Waals surface area contributed by atoms with Gasteiger partial charge in [0.1, 0.15) is 0 Å². The number of rotatable bonds is 6. The van der Waals surface area contributed by atoms with Crippen LogP contribution in [0.2, 0.25) is 0 Å². The molecule has 0 saturated carbocycles. The number of carbonyl (C=O) groups excluding carboxylic acids is 1. The molecule has 2 heterocycles. The van der Waals surface area contributed by atoms with Gasteiger partial charge in [0, 0.05) is 25.6 Å². The highest BCUT2D eigenvalue weighted by Gasteiger charge is 2.27. The number of benzene rings is 1. The van der Waals surface area contributed by atoms with E-state index >= 15 is 0 Å². The van der Waals surface area contributed by atoms with E-state index in [1.807, 2.05) is 32.3 Å². The van der Waals surface area contributed by atoms with E-state index in [2.05, 4.69) is 15.0 Å². The second-order valence-electron chi connectivity index (χ2n) is 6.86. The van der Waals surface area contributed by atoms with Gasteiger partial charge in [-0.1, -0.05) is 5.16 Å². The van der Waals surface area contributed by atoms with Gasteiger partial charge in [0.15, 0.2) is 11.5 Å². The van der Waals surface area contributed by atoms with Crippen molar-refractivity contribution in [3.63, 3.8) is 0 Å². The van der Waals surface area contributed by atoms with E-state index in [4.69, 9.17) is 14.0 Å². The third kappa shape index (κ3) is 4.39. The van der Waals surface area contributed by atoms with Crippen molar-refractivity contribution in [1.82, 2.24) is 19.9 Å². The number of ether oxygens (including phenoxy) is 2. The normalized spacial score (nSPS) is 15.6. The largest absolute Gasteiger partial charge is 0.493 e. The first-order valence-corrected chi connectivity index (χ1v) is 9.00. The van der Waals surface area contributed by atoms with Crippen LogP contribution < -0.4 is 9.47 Å². The van der Waals surface area contributed by atoms with Gasteiger partial charge < -0.3 is 18.9 Å². The Morgan fingerprint density at radius 2 is 1.93 bits per heavy atom. The minimum atomic E-state index is 0.112. The maximum absolute atomic E-state index is 12.1. The quantitative estimate of drug-likeness (QED) is 0.765. The summed E-state index contributed by atoms with van der Waals surface area (Å²) in [6, 6.07) is 5.51. The number of methoxy groups -OCH3 is 2. The van der Waals surface area contributed by atoms with Gasteiger partial charge in [0.25, 0.3) is 0 Å². The molecule has 27 heavy (non-hydrogen) atoms. The summed E-state index contributed by atoms with van der Waals surface area (Å²) in [6.45, 7) is 2.28. The zero-order valence-corrected chi connectivity index (χ0v) is 16.3. The summed E-state index contributed by atoms with van der Waals surface area (Å²) in [5, 5.41) is 4.08. The van der Waals surface area contributed by atoms with E-state index in [1.54, 1.807) is 19.1 Å². The van der Waals surface area contributed by atoms with Crippen LogP contribution >= 0.6 is 0 Å². The number of hydrogen-bond donors (Lipinski definition) is 0. The summed E-state index contributed by atoms with van der Waals surface area (Å²) >= 11 is 0. The summed E-state index contributed by atoms with van der Waals surface area (Å²) in [7, 11) is 6.80. The van der Waals surface area contributed by atoms with Crippen LogP contribution in [0, 0.1) is 5.92 Å². The Morgan fingerprint density at radius 3 is 2.56 bits per heavy atom. The predicted molar refractivity (Wildman–Crippen MR) is 99.5 cm³/mol. The molecular weight excluding hydrogens is 348 g/mol. The molecule has 0 N–H and O–H groups in total. The fourth-order valence-corrected chi connectivity index (χ4v) is 3.31. The van der Waals surface area contributed by atoms with Gasteiger partial charge in [-0.2, -0.15) is 4.98 Å². The molecule has 1 aliphatic rings. The lowest BCUT2D eigenvalue weighted by molar-refractivity contribution is -0.134. The molecular formula is C19H26N4O4. The third-order valence-corrected chi connectivity index (χ3v) is 4.85. The highest BCUT2D eigenvalue weighted by atomic mass is 16.5. The number of hydrogen-bond acceptors (Lipinski definition) is 7. The lowest BCUT2D eigenvalue weighted by Crippen LogP contribution is -2.39. The summed E-state index contributed by atoms with van der Waals surface area (Å²) in [4.78, 5) is 20.5. The Morgan fingerprint density at radius 1 is 1.22 bits per heavy atom. The summed E-state index contributed by atoms with van der Waals surface area (Å²) in [5.74, 6) is 2.68. The van der Waals surface area contributed by atoms with E-state index in [0.717, 1.165) is 31.5 Å². The van der Waals surface area contributed by atoms with Crippen LogP contribution in [0.25, 0.3) is 11.4 Å². The minimum Gasteiger partial charge on any atom is -0.493 e. The molecule has 0 bridgehead atoms. The molecule has 0 aliphatic carbocycles. The van der Waals surface area contributed by atoms with E-state index < -0.39 is 0 Å². The van der Waals surface area contributed by atoms with Crippen LogP contribution in [0.1, 0.15) is 18.7 Å². The Balaban J connectivity index is 1.61. The molecule has 3 rings (SSSR count). The zero-order valence-electron chi connectivity index (χ0n) is 16.3. The number of carbonyl (C=O) groups is 1. The molecule has 2 aromatic rings. The molecule has 0 atom stereocenters. The average molecular weight is 374 g/mol. The van der Waals surface area contributed by atoms with Crippen molar-refractivity contribution >= 4 is 5.91 Å². The molecule has 8 nitrogen and oxygen atoms in total. The second kappa shape index (κ2) is 8.39. The molecule has 0 radical (unpaired) electrons. The summed E-state index contributed by atoms with van der Waals surface area (Å²) in [6.07, 6.45) is 1.71. The lowest BCUT2D eigenvalue weighted by Gasteiger charge is -2.31. The minimum absolute atomic E-state index is 0.112. The zero-order chi connectivity index (χ0) is 19.4. The lowest BCUT2D eigenvalue weighted by atomic mass is 9.95. The fraction of sp³-hybridized carbons (Fsp3) is 0.526. The Labute approximate surface area is 159 Å². The van der Waals surface area contributed by atoms with Gasteiger partial charge in [-0.05, 0) is 44.1 Å². The van der Waals surface area contributed by atoms with Crippen molar-refractivity contribution in [3.05, 3.63) is 24.1 Å². The molecule has 1 aliphatic heterocycles. The van der Waals surface area contributed by atoms with E-state index in [0.29, 0.717) is 29.8 Å². The van der Waals surface area contributed by atoms with Crippen molar-refractivity contribution in [1.29, 1.82) is 0 Å². The van der Waals surface area contributed by atoms with Crippen molar-refractivity contribution in [2.24, 2.45) is 5.92 Å². The van der Waals surface area contributed by atoms with E-state index in [9.17, 15) is 4.79 Å². The Bertz CT molecular complexity index is 782. The molecule has 1 aromatic heterocycles. The predicted octanol–water partition coefficient (Wildman–Crippen LogP) is 2.05. The van der Waals surface area contributed by atoms with E-state index in [-0.39, 0.29) is 11.8 Å². The van der Waals surface area contributed by atoms with Gasteiger partial charge in [0.2, 0.25) is 17.6 Å². The van der Waals surface area contributed by atoms with Gasteiger partial charge in [-0.25, -0.2) is 0 Å². The van der Waals surface area contributed by atoms with Crippen molar-refractivity contribution in [2.75, 3.05) is 41.4 Å². The summed E-state index contributed by atoms with van der Waals surface area (Å²) in [5.41, 5.74) is 0.804. The first-order valence-electron chi connectivity index (χ1n) is 9.00. The highest BCUT2D eigenvalue weighted by Crippen LogP contribution is 2.31. The second-order valence-corrected chi connectivity index (χ2v) is 6.86. The number of likely N-dealkylation sites (tertiary alicyclic amines) is 1. The molecule has 0 unspecified atom stereocenters. The first-order chi connectivity index (χ1) is 13.0. The SMILES string of the molecule is COc1ccc(-c2noc(CN3CCC(C(=O)N(C)C)CC3)n2)cc1OC. The summed E-state index contributed by atoms with van der Waals surface area (Å²) < 4.78 is 16.0. The highest BCUT2D eigenvalue weighted by molar-refractivity contribution is 5.78. The van der Waals surface area contributed by atoms with Crippen LogP contribution in [0.4, 0.5) is 0 Å². The molecule has 1 aromatic carbocycles. The Kier molecular flexibility index (Phi) is 5.95. The fourth-order valence-electron chi connectivity index (χ4n) is 3.31. The van der Waals surface area contributed by atoms with Crippen LogP contribution in [0.15, 0.2) is 22.7 Å². The Hall–Kier alpha value is -2.61. The maximum Gasteiger partial charge on any atom is 0.241 e. The topological polar surface area (TPSA) is 80.9 Å².